The van der Waals surface area contributed by atoms with Gasteiger partial charge < -0.3 is 9.84 Å². The molecule has 0 radical (unpaired) electrons. The number of ether oxygens (including phenoxy) is 1. The number of aliphatic hydroxyl groups is 1. The molecule has 1 aromatic heterocycles. The quantitative estimate of drug-likeness (QED) is 0.908. The molecular formula is C16H18ClNO2. The van der Waals surface area contributed by atoms with Crippen LogP contribution >= 0.6 is 11.6 Å². The largest absolute Gasteiger partial charge is 0.492 e. The van der Waals surface area contributed by atoms with E-state index in [0.29, 0.717) is 22.9 Å². The molecule has 0 fully saturated rings. The Bertz CT molecular complexity index is 566. The van der Waals surface area contributed by atoms with E-state index in [0.717, 1.165) is 17.5 Å². The molecule has 1 unspecified atom stereocenters. The van der Waals surface area contributed by atoms with Crippen LogP contribution in [-0.4, -0.2) is 16.7 Å². The molecule has 1 aromatic carbocycles. The van der Waals surface area contributed by atoms with Gasteiger partial charge in [-0.05, 0) is 42.7 Å². The Labute approximate surface area is 124 Å². The van der Waals surface area contributed by atoms with Crippen LogP contribution in [0.5, 0.6) is 5.75 Å². The van der Waals surface area contributed by atoms with Crippen LogP contribution in [0.15, 0.2) is 36.7 Å². The summed E-state index contributed by atoms with van der Waals surface area (Å²) in [6, 6.07) is 7.34. The number of pyridine rings is 1. The summed E-state index contributed by atoms with van der Waals surface area (Å²) in [7, 11) is 0. The first-order chi connectivity index (χ1) is 9.60. The molecule has 0 bridgehead atoms. The first kappa shape index (κ1) is 14.8. The van der Waals surface area contributed by atoms with Gasteiger partial charge in [0, 0.05) is 16.8 Å². The molecule has 0 saturated carbocycles. The summed E-state index contributed by atoms with van der Waals surface area (Å²) in [6.45, 7) is 4.62. The third-order valence-corrected chi connectivity index (χ3v) is 3.12. The van der Waals surface area contributed by atoms with E-state index in [4.69, 9.17) is 16.3 Å². The molecule has 2 aromatic rings. The van der Waals surface area contributed by atoms with Crippen molar-refractivity contribution < 1.29 is 9.84 Å². The second kappa shape index (κ2) is 6.73. The predicted octanol–water partition coefficient (Wildman–Crippen LogP) is 3.91. The van der Waals surface area contributed by atoms with E-state index in [-0.39, 0.29) is 0 Å². The van der Waals surface area contributed by atoms with Crippen molar-refractivity contribution in [3.05, 3.63) is 58.4 Å². The van der Waals surface area contributed by atoms with E-state index in [9.17, 15) is 5.11 Å². The van der Waals surface area contributed by atoms with Gasteiger partial charge in [-0.25, -0.2) is 0 Å². The van der Waals surface area contributed by atoms with Gasteiger partial charge in [0.05, 0.1) is 12.8 Å². The van der Waals surface area contributed by atoms with Crippen LogP contribution in [-0.2, 0) is 0 Å². The zero-order valence-electron chi connectivity index (χ0n) is 11.6. The first-order valence-electron chi connectivity index (χ1n) is 6.63. The van der Waals surface area contributed by atoms with Crippen molar-refractivity contribution in [3.63, 3.8) is 0 Å². The second-order valence-corrected chi connectivity index (χ2v) is 5.20. The zero-order chi connectivity index (χ0) is 14.5. The molecule has 3 nitrogen and oxygen atoms in total. The summed E-state index contributed by atoms with van der Waals surface area (Å²) >= 11 is 6.03. The van der Waals surface area contributed by atoms with Gasteiger partial charge in [-0.3, -0.25) is 4.98 Å². The lowest BCUT2D eigenvalue weighted by molar-refractivity contribution is 0.218. The molecule has 4 heteroatoms. The first-order valence-corrected chi connectivity index (χ1v) is 7.01. The number of halogens is 1. The Kier molecular flexibility index (Phi) is 4.99. The van der Waals surface area contributed by atoms with Crippen molar-refractivity contribution in [2.75, 3.05) is 6.61 Å². The van der Waals surface area contributed by atoms with E-state index in [1.807, 2.05) is 32.0 Å². The summed E-state index contributed by atoms with van der Waals surface area (Å²) in [4.78, 5) is 4.11. The van der Waals surface area contributed by atoms with E-state index >= 15 is 0 Å². The van der Waals surface area contributed by atoms with E-state index in [2.05, 4.69) is 4.98 Å². The molecule has 1 atom stereocenters. The highest BCUT2D eigenvalue weighted by molar-refractivity contribution is 6.30. The molecule has 0 aliphatic rings. The Morgan fingerprint density at radius 3 is 2.70 bits per heavy atom. The summed E-state index contributed by atoms with van der Waals surface area (Å²) in [5.41, 5.74) is 2.46. The Morgan fingerprint density at radius 2 is 2.00 bits per heavy atom. The molecule has 106 valence electrons. The van der Waals surface area contributed by atoms with Crippen LogP contribution in [0, 0.1) is 6.92 Å². The number of hydrogen-bond donors (Lipinski definition) is 1. The van der Waals surface area contributed by atoms with Gasteiger partial charge in [-0.15, -0.1) is 0 Å². The van der Waals surface area contributed by atoms with Crippen molar-refractivity contribution in [2.24, 2.45) is 0 Å². The Morgan fingerprint density at radius 1 is 1.20 bits per heavy atom. The summed E-state index contributed by atoms with van der Waals surface area (Å²) < 4.78 is 5.53. The third kappa shape index (κ3) is 3.71. The zero-order valence-corrected chi connectivity index (χ0v) is 12.4. The SMILES string of the molecule is CCCOc1cncc(C(O)c2cc(C)cc(Cl)c2)c1. The van der Waals surface area contributed by atoms with Crippen LogP contribution in [0.25, 0.3) is 0 Å². The van der Waals surface area contributed by atoms with Crippen LogP contribution in [0.2, 0.25) is 5.02 Å². The number of aliphatic hydroxyl groups excluding tert-OH is 1. The normalized spacial score (nSPS) is 12.2. The smallest absolute Gasteiger partial charge is 0.137 e. The molecule has 0 aliphatic carbocycles. The average Bonchev–Trinajstić information content (AvgIpc) is 2.43. The summed E-state index contributed by atoms with van der Waals surface area (Å²) in [6.07, 6.45) is 3.46. The maximum Gasteiger partial charge on any atom is 0.137 e. The van der Waals surface area contributed by atoms with E-state index < -0.39 is 6.10 Å². The minimum Gasteiger partial charge on any atom is -0.492 e. The standard InChI is InChI=1S/C16H18ClNO2/c1-3-4-20-15-8-13(9-18-10-15)16(19)12-5-11(2)6-14(17)7-12/h5-10,16,19H,3-4H2,1-2H3. The molecular weight excluding hydrogens is 274 g/mol. The molecule has 2 rings (SSSR count). The van der Waals surface area contributed by atoms with Crippen LogP contribution in [0.4, 0.5) is 0 Å². The average molecular weight is 292 g/mol. The highest BCUT2D eigenvalue weighted by atomic mass is 35.5. The van der Waals surface area contributed by atoms with Gasteiger partial charge in [-0.1, -0.05) is 24.6 Å². The van der Waals surface area contributed by atoms with E-state index in [1.165, 1.54) is 0 Å². The molecule has 1 N–H and O–H groups in total. The fourth-order valence-corrected chi connectivity index (χ4v) is 2.30. The fraction of sp³-hybridized carbons (Fsp3) is 0.312. The van der Waals surface area contributed by atoms with E-state index in [1.54, 1.807) is 18.5 Å². The van der Waals surface area contributed by atoms with Gasteiger partial charge in [0.15, 0.2) is 0 Å². The monoisotopic (exact) mass is 291 g/mol. The second-order valence-electron chi connectivity index (χ2n) is 4.77. The van der Waals surface area contributed by atoms with Crippen molar-refractivity contribution in [2.45, 2.75) is 26.4 Å². The molecule has 0 saturated heterocycles. The number of nitrogens with zero attached hydrogens (tertiary/aromatic N) is 1. The number of rotatable bonds is 5. The topological polar surface area (TPSA) is 42.4 Å². The highest BCUT2D eigenvalue weighted by Gasteiger charge is 2.13. The van der Waals surface area contributed by atoms with Crippen LogP contribution < -0.4 is 4.74 Å². The summed E-state index contributed by atoms with van der Waals surface area (Å²) in [5.74, 6) is 0.669. The Hall–Kier alpha value is -1.58. The van der Waals surface area contributed by atoms with Gasteiger partial charge in [0.1, 0.15) is 11.9 Å². The summed E-state index contributed by atoms with van der Waals surface area (Å²) in [5, 5.41) is 11.1. The Balaban J connectivity index is 2.25. The fourth-order valence-electron chi connectivity index (χ4n) is 2.00. The lowest BCUT2D eigenvalue weighted by Gasteiger charge is -2.13. The lowest BCUT2D eigenvalue weighted by Crippen LogP contribution is -2.02. The lowest BCUT2D eigenvalue weighted by atomic mass is 10.0. The molecule has 0 aliphatic heterocycles. The molecule has 0 spiro atoms. The number of hydrogen-bond acceptors (Lipinski definition) is 3. The van der Waals surface area contributed by atoms with Gasteiger partial charge in [0.2, 0.25) is 0 Å². The third-order valence-electron chi connectivity index (χ3n) is 2.90. The molecule has 0 amide bonds. The number of aryl methyl sites for hydroxylation is 1. The number of benzene rings is 1. The minimum atomic E-state index is -0.759. The van der Waals surface area contributed by atoms with Crippen molar-refractivity contribution in [1.29, 1.82) is 0 Å². The highest BCUT2D eigenvalue weighted by Crippen LogP contribution is 2.27. The predicted molar refractivity (Wildman–Crippen MR) is 80.3 cm³/mol. The molecule has 1 heterocycles. The van der Waals surface area contributed by atoms with Gasteiger partial charge in [0.25, 0.3) is 0 Å². The van der Waals surface area contributed by atoms with Crippen LogP contribution in [0.3, 0.4) is 0 Å². The number of aromatic nitrogens is 1. The maximum absolute atomic E-state index is 10.4. The van der Waals surface area contributed by atoms with Crippen molar-refractivity contribution >= 4 is 11.6 Å². The maximum atomic E-state index is 10.4. The van der Waals surface area contributed by atoms with Gasteiger partial charge in [-0.2, -0.15) is 0 Å². The van der Waals surface area contributed by atoms with Crippen molar-refractivity contribution in [3.8, 4) is 5.75 Å². The van der Waals surface area contributed by atoms with Gasteiger partial charge >= 0.3 is 0 Å². The molecule has 20 heavy (non-hydrogen) atoms. The minimum absolute atomic E-state index is 0.616. The van der Waals surface area contributed by atoms with Crippen molar-refractivity contribution in [1.82, 2.24) is 4.98 Å². The van der Waals surface area contributed by atoms with Crippen LogP contribution in [0.1, 0.15) is 36.1 Å².